The van der Waals surface area contributed by atoms with E-state index in [1.165, 1.54) is 6.07 Å². The molecule has 0 aliphatic heterocycles. The van der Waals surface area contributed by atoms with Crippen LogP contribution in [-0.4, -0.2) is 18.6 Å². The minimum absolute atomic E-state index is 0.375. The summed E-state index contributed by atoms with van der Waals surface area (Å²) in [5, 5.41) is 3.13. The Kier molecular flexibility index (Phi) is 4.90. The summed E-state index contributed by atoms with van der Waals surface area (Å²) in [5.41, 5.74) is 0.683. The molecule has 0 radical (unpaired) electrons. The molecule has 2 aromatic rings. The summed E-state index contributed by atoms with van der Waals surface area (Å²) in [5.74, 6) is 1.40. The van der Waals surface area contributed by atoms with Crippen molar-refractivity contribution in [3.05, 3.63) is 47.9 Å². The fourth-order valence-corrected chi connectivity index (χ4v) is 1.70. The Balaban J connectivity index is 2.18. The van der Waals surface area contributed by atoms with E-state index in [4.69, 9.17) is 9.47 Å². The molecule has 0 spiro atoms. The van der Waals surface area contributed by atoms with Crippen molar-refractivity contribution in [3.8, 4) is 17.4 Å². The van der Waals surface area contributed by atoms with Gasteiger partial charge in [-0.15, -0.1) is 0 Å². The van der Waals surface area contributed by atoms with Gasteiger partial charge in [0.2, 0.25) is 5.88 Å². The van der Waals surface area contributed by atoms with E-state index in [0.29, 0.717) is 23.7 Å². The Hall–Kier alpha value is -2.14. The molecule has 1 aromatic heterocycles. The van der Waals surface area contributed by atoms with Gasteiger partial charge in [0.1, 0.15) is 17.3 Å². The lowest BCUT2D eigenvalue weighted by Gasteiger charge is -2.10. The van der Waals surface area contributed by atoms with Crippen LogP contribution in [0.25, 0.3) is 0 Å². The van der Waals surface area contributed by atoms with E-state index in [9.17, 15) is 4.39 Å². The van der Waals surface area contributed by atoms with Crippen molar-refractivity contribution in [1.29, 1.82) is 0 Å². The van der Waals surface area contributed by atoms with Gasteiger partial charge in [-0.2, -0.15) is 0 Å². The van der Waals surface area contributed by atoms with Crippen LogP contribution in [0.1, 0.15) is 12.5 Å². The van der Waals surface area contributed by atoms with E-state index >= 15 is 0 Å². The lowest BCUT2D eigenvalue weighted by molar-refractivity contribution is 0.411. The predicted octanol–water partition coefficient (Wildman–Crippen LogP) is 3.13. The van der Waals surface area contributed by atoms with Crippen molar-refractivity contribution in [2.24, 2.45) is 0 Å². The molecule has 2 rings (SSSR count). The zero-order valence-electron chi connectivity index (χ0n) is 11.5. The number of halogens is 1. The molecule has 1 heterocycles. The molecular weight excluding hydrogens is 259 g/mol. The third-order valence-corrected chi connectivity index (χ3v) is 2.73. The molecule has 0 atom stereocenters. The Bertz CT molecular complexity index is 558. The fraction of sp³-hybridized carbons (Fsp3) is 0.267. The number of benzene rings is 1. The topological polar surface area (TPSA) is 43.4 Å². The molecule has 0 fully saturated rings. The van der Waals surface area contributed by atoms with Crippen LogP contribution in [-0.2, 0) is 6.54 Å². The van der Waals surface area contributed by atoms with E-state index in [1.54, 1.807) is 31.4 Å². The Labute approximate surface area is 117 Å². The molecule has 4 nitrogen and oxygen atoms in total. The van der Waals surface area contributed by atoms with Gasteiger partial charge in [0, 0.05) is 12.1 Å². The Morgan fingerprint density at radius 1 is 1.20 bits per heavy atom. The number of ether oxygens (including phenoxy) is 2. The van der Waals surface area contributed by atoms with Gasteiger partial charge in [0.15, 0.2) is 0 Å². The first-order chi connectivity index (χ1) is 9.72. The van der Waals surface area contributed by atoms with E-state index < -0.39 is 0 Å². The van der Waals surface area contributed by atoms with E-state index in [1.807, 2.05) is 6.92 Å². The summed E-state index contributed by atoms with van der Waals surface area (Å²) in [4.78, 5) is 4.00. The van der Waals surface area contributed by atoms with Gasteiger partial charge >= 0.3 is 0 Å². The summed E-state index contributed by atoms with van der Waals surface area (Å²) < 4.78 is 24.0. The molecule has 106 valence electrons. The molecule has 0 bridgehead atoms. The van der Waals surface area contributed by atoms with Crippen LogP contribution in [0.5, 0.6) is 17.4 Å². The lowest BCUT2D eigenvalue weighted by Crippen LogP contribution is -2.13. The van der Waals surface area contributed by atoms with E-state index in [2.05, 4.69) is 10.3 Å². The summed E-state index contributed by atoms with van der Waals surface area (Å²) in [6.07, 6.45) is 1.15. The van der Waals surface area contributed by atoms with Crippen molar-refractivity contribution >= 4 is 0 Å². The smallest absolute Gasteiger partial charge is 0.223 e. The second kappa shape index (κ2) is 6.86. The van der Waals surface area contributed by atoms with Crippen LogP contribution >= 0.6 is 0 Å². The van der Waals surface area contributed by atoms with Gasteiger partial charge in [-0.25, -0.2) is 9.37 Å². The molecule has 0 amide bonds. The Morgan fingerprint density at radius 2 is 1.90 bits per heavy atom. The second-order valence-electron chi connectivity index (χ2n) is 4.18. The van der Waals surface area contributed by atoms with Gasteiger partial charge in [-0.1, -0.05) is 6.92 Å². The van der Waals surface area contributed by atoms with Crippen LogP contribution in [0.2, 0.25) is 0 Å². The maximum absolute atomic E-state index is 13.2. The largest absolute Gasteiger partial charge is 0.497 e. The highest BCUT2D eigenvalue weighted by atomic mass is 19.1. The summed E-state index contributed by atoms with van der Waals surface area (Å²) in [6.45, 7) is 3.28. The van der Waals surface area contributed by atoms with E-state index in [-0.39, 0.29) is 5.82 Å². The third kappa shape index (κ3) is 3.68. The van der Waals surface area contributed by atoms with Crippen LogP contribution < -0.4 is 14.8 Å². The maximum atomic E-state index is 13.2. The molecule has 0 saturated heterocycles. The zero-order chi connectivity index (χ0) is 14.4. The summed E-state index contributed by atoms with van der Waals surface area (Å²) in [7, 11) is 1.60. The molecule has 0 unspecified atom stereocenters. The zero-order valence-corrected chi connectivity index (χ0v) is 11.5. The number of rotatable bonds is 6. The molecular formula is C15H17FN2O2. The van der Waals surface area contributed by atoms with E-state index in [0.717, 1.165) is 18.5 Å². The molecule has 0 aliphatic rings. The number of hydrogen-bond donors (Lipinski definition) is 1. The van der Waals surface area contributed by atoms with Crippen LogP contribution in [0.3, 0.4) is 0 Å². The third-order valence-electron chi connectivity index (χ3n) is 2.73. The SMILES string of the molecule is CCNCc1cc(F)cnc1Oc1ccc(OC)cc1. The van der Waals surface area contributed by atoms with Crippen molar-refractivity contribution in [2.45, 2.75) is 13.5 Å². The van der Waals surface area contributed by atoms with Gasteiger partial charge in [0.05, 0.1) is 13.3 Å². The predicted molar refractivity (Wildman–Crippen MR) is 74.6 cm³/mol. The highest BCUT2D eigenvalue weighted by molar-refractivity contribution is 5.36. The van der Waals surface area contributed by atoms with Crippen LogP contribution in [0.4, 0.5) is 4.39 Å². The fourth-order valence-electron chi connectivity index (χ4n) is 1.70. The average molecular weight is 276 g/mol. The number of nitrogens with one attached hydrogen (secondary N) is 1. The molecule has 20 heavy (non-hydrogen) atoms. The molecule has 0 saturated carbocycles. The average Bonchev–Trinajstić information content (AvgIpc) is 2.48. The highest BCUT2D eigenvalue weighted by Gasteiger charge is 2.08. The normalized spacial score (nSPS) is 10.3. The standard InChI is InChI=1S/C15H17FN2O2/c1-3-17-9-11-8-12(16)10-18-15(11)20-14-6-4-13(19-2)5-7-14/h4-8,10,17H,3,9H2,1-2H3. The maximum Gasteiger partial charge on any atom is 0.223 e. The minimum atomic E-state index is -0.375. The monoisotopic (exact) mass is 276 g/mol. The van der Waals surface area contributed by atoms with Crippen molar-refractivity contribution in [2.75, 3.05) is 13.7 Å². The van der Waals surface area contributed by atoms with Crippen molar-refractivity contribution in [1.82, 2.24) is 10.3 Å². The second-order valence-corrected chi connectivity index (χ2v) is 4.18. The minimum Gasteiger partial charge on any atom is -0.497 e. The summed E-state index contributed by atoms with van der Waals surface area (Å²) >= 11 is 0. The van der Waals surface area contributed by atoms with Crippen LogP contribution in [0.15, 0.2) is 36.5 Å². The summed E-state index contributed by atoms with van der Waals surface area (Å²) in [6, 6.07) is 8.57. The number of pyridine rings is 1. The van der Waals surface area contributed by atoms with Crippen LogP contribution in [0, 0.1) is 5.82 Å². The van der Waals surface area contributed by atoms with Gasteiger partial charge < -0.3 is 14.8 Å². The molecule has 1 N–H and O–H groups in total. The first-order valence-corrected chi connectivity index (χ1v) is 6.40. The quantitative estimate of drug-likeness (QED) is 0.880. The first-order valence-electron chi connectivity index (χ1n) is 6.40. The number of hydrogen-bond acceptors (Lipinski definition) is 4. The van der Waals surface area contributed by atoms with Crippen molar-refractivity contribution < 1.29 is 13.9 Å². The lowest BCUT2D eigenvalue weighted by atomic mass is 10.2. The number of methoxy groups -OCH3 is 1. The first kappa shape index (κ1) is 14.3. The molecule has 5 heteroatoms. The van der Waals surface area contributed by atoms with Gasteiger partial charge in [0.25, 0.3) is 0 Å². The Morgan fingerprint density at radius 3 is 2.55 bits per heavy atom. The number of nitrogens with zero attached hydrogens (tertiary/aromatic N) is 1. The van der Waals surface area contributed by atoms with Gasteiger partial charge in [-0.05, 0) is 36.9 Å². The molecule has 0 aliphatic carbocycles. The molecule has 1 aromatic carbocycles. The van der Waals surface area contributed by atoms with Crippen molar-refractivity contribution in [3.63, 3.8) is 0 Å². The number of aromatic nitrogens is 1. The van der Waals surface area contributed by atoms with Gasteiger partial charge in [-0.3, -0.25) is 0 Å². The highest BCUT2D eigenvalue weighted by Crippen LogP contribution is 2.25.